The van der Waals surface area contributed by atoms with Gasteiger partial charge in [-0.05, 0) is 24.3 Å². The van der Waals surface area contributed by atoms with Crippen LogP contribution in [0.2, 0.25) is 0 Å². The highest BCUT2D eigenvalue weighted by Crippen LogP contribution is 2.45. The second-order valence-electron chi connectivity index (χ2n) is 5.01. The minimum Gasteiger partial charge on any atom is -0.502 e. The maximum Gasteiger partial charge on any atom is 0.258 e. The van der Waals surface area contributed by atoms with E-state index in [4.69, 9.17) is 9.15 Å². The van der Waals surface area contributed by atoms with Gasteiger partial charge in [-0.2, -0.15) is 0 Å². The van der Waals surface area contributed by atoms with Gasteiger partial charge in [-0.25, -0.2) is 0 Å². The number of furan rings is 1. The number of methoxy groups -OCH3 is 1. The first-order valence-electron chi connectivity index (χ1n) is 7.15. The van der Waals surface area contributed by atoms with Crippen molar-refractivity contribution in [2.75, 3.05) is 12.4 Å². The zero-order chi connectivity index (χ0) is 17.1. The van der Waals surface area contributed by atoms with Crippen LogP contribution in [0.25, 0.3) is 11.3 Å². The molecule has 0 aliphatic carbocycles. The molecule has 0 fully saturated rings. The molecule has 3 N–H and O–H groups in total. The van der Waals surface area contributed by atoms with Crippen molar-refractivity contribution in [2.45, 2.75) is 0 Å². The average molecular weight is 325 g/mol. The number of hydrogen-bond acceptors (Lipinski definition) is 5. The van der Waals surface area contributed by atoms with Crippen molar-refractivity contribution in [3.63, 3.8) is 0 Å². The Bertz CT molecular complexity index is 870. The summed E-state index contributed by atoms with van der Waals surface area (Å²) in [6.45, 7) is 0. The second-order valence-corrected chi connectivity index (χ2v) is 5.01. The van der Waals surface area contributed by atoms with Gasteiger partial charge in [0.15, 0.2) is 5.76 Å². The van der Waals surface area contributed by atoms with Crippen LogP contribution in [0.15, 0.2) is 59.0 Å². The molecule has 0 atom stereocenters. The van der Waals surface area contributed by atoms with Gasteiger partial charge in [-0.3, -0.25) is 10.1 Å². The van der Waals surface area contributed by atoms with E-state index in [-0.39, 0.29) is 11.6 Å². The van der Waals surface area contributed by atoms with Crippen molar-refractivity contribution in [3.8, 4) is 28.6 Å². The lowest BCUT2D eigenvalue weighted by Crippen LogP contribution is -2.10. The zero-order valence-electron chi connectivity index (χ0n) is 12.8. The Balaban J connectivity index is 1.92. The molecule has 1 amide bonds. The van der Waals surface area contributed by atoms with E-state index >= 15 is 0 Å². The Morgan fingerprint density at radius 2 is 1.79 bits per heavy atom. The van der Waals surface area contributed by atoms with E-state index in [2.05, 4.69) is 5.32 Å². The molecular weight excluding hydrogens is 310 g/mol. The molecular formula is C18H15NO5. The lowest BCUT2D eigenvalue weighted by atomic mass is 10.1. The molecule has 6 nitrogen and oxygen atoms in total. The number of ether oxygens (including phenoxy) is 1. The number of carbonyl (C=O) groups excluding carboxylic acids is 1. The quantitative estimate of drug-likeness (QED) is 0.681. The maximum absolute atomic E-state index is 12.1. The molecule has 6 heteroatoms. The molecule has 3 aromatic rings. The van der Waals surface area contributed by atoms with Crippen molar-refractivity contribution >= 4 is 11.8 Å². The van der Waals surface area contributed by atoms with Crippen LogP contribution in [0.5, 0.6) is 17.2 Å². The summed E-state index contributed by atoms with van der Waals surface area (Å²) < 4.78 is 10.6. The smallest absolute Gasteiger partial charge is 0.258 e. The molecule has 24 heavy (non-hydrogen) atoms. The summed E-state index contributed by atoms with van der Waals surface area (Å²) in [5.74, 6) is -1.06. The summed E-state index contributed by atoms with van der Waals surface area (Å²) in [5, 5.41) is 22.5. The van der Waals surface area contributed by atoms with Gasteiger partial charge in [0.25, 0.3) is 5.91 Å². The Labute approximate surface area is 137 Å². The van der Waals surface area contributed by atoms with Crippen molar-refractivity contribution < 1.29 is 24.2 Å². The normalized spacial score (nSPS) is 10.4. The van der Waals surface area contributed by atoms with Crippen molar-refractivity contribution in [1.29, 1.82) is 0 Å². The fourth-order valence-corrected chi connectivity index (χ4v) is 2.22. The molecule has 0 saturated heterocycles. The molecule has 0 radical (unpaired) electrons. The highest BCUT2D eigenvalue weighted by atomic mass is 16.5. The molecule has 1 aromatic heterocycles. The van der Waals surface area contributed by atoms with Crippen LogP contribution in [0.1, 0.15) is 10.4 Å². The largest absolute Gasteiger partial charge is 0.502 e. The maximum atomic E-state index is 12.1. The van der Waals surface area contributed by atoms with Crippen LogP contribution in [-0.2, 0) is 0 Å². The Morgan fingerprint density at radius 3 is 2.50 bits per heavy atom. The van der Waals surface area contributed by atoms with Crippen molar-refractivity contribution in [3.05, 3.63) is 60.2 Å². The van der Waals surface area contributed by atoms with E-state index in [1.165, 1.54) is 7.11 Å². The minimum absolute atomic E-state index is 0.0368. The van der Waals surface area contributed by atoms with Gasteiger partial charge in [0.1, 0.15) is 5.75 Å². The molecule has 1 heterocycles. The summed E-state index contributed by atoms with van der Waals surface area (Å²) in [4.78, 5) is 12.1. The molecule has 3 rings (SSSR count). The van der Waals surface area contributed by atoms with Crippen LogP contribution < -0.4 is 10.1 Å². The standard InChI is InChI=1S/C18H15NO5/c1-23-13-9-5-8-12(10-13)16-14(20)15(21)18(24-16)19-17(22)11-6-3-2-4-7-11/h2-10,20-21H,1H3,(H,19,22). The van der Waals surface area contributed by atoms with Gasteiger partial charge < -0.3 is 19.4 Å². The first-order chi connectivity index (χ1) is 11.6. The van der Waals surface area contributed by atoms with Gasteiger partial charge in [0.2, 0.25) is 17.4 Å². The van der Waals surface area contributed by atoms with Crippen LogP contribution in [0.3, 0.4) is 0 Å². The Morgan fingerprint density at radius 1 is 1.04 bits per heavy atom. The van der Waals surface area contributed by atoms with Gasteiger partial charge >= 0.3 is 0 Å². The van der Waals surface area contributed by atoms with E-state index in [0.717, 1.165) is 0 Å². The topological polar surface area (TPSA) is 91.9 Å². The van der Waals surface area contributed by atoms with E-state index in [0.29, 0.717) is 16.9 Å². The number of anilines is 1. The molecule has 0 unspecified atom stereocenters. The molecule has 122 valence electrons. The third-order valence-electron chi connectivity index (χ3n) is 3.45. The van der Waals surface area contributed by atoms with Gasteiger partial charge in [0.05, 0.1) is 7.11 Å². The SMILES string of the molecule is COc1cccc(-c2oc(NC(=O)c3ccccc3)c(O)c2O)c1. The highest BCUT2D eigenvalue weighted by Gasteiger charge is 2.22. The van der Waals surface area contributed by atoms with Gasteiger partial charge in [-0.1, -0.05) is 30.3 Å². The van der Waals surface area contributed by atoms with Gasteiger partial charge in [-0.15, -0.1) is 0 Å². The number of hydrogen-bond donors (Lipinski definition) is 3. The van der Waals surface area contributed by atoms with E-state index in [9.17, 15) is 15.0 Å². The predicted molar refractivity (Wildman–Crippen MR) is 88.4 cm³/mol. The summed E-state index contributed by atoms with van der Waals surface area (Å²) in [6.07, 6.45) is 0. The number of rotatable bonds is 4. The third kappa shape index (κ3) is 2.89. The molecule has 0 aliphatic heterocycles. The van der Waals surface area contributed by atoms with Crippen LogP contribution in [0, 0.1) is 0 Å². The van der Waals surface area contributed by atoms with E-state index in [1.54, 1.807) is 54.6 Å². The first kappa shape index (κ1) is 15.5. The van der Waals surface area contributed by atoms with Crippen molar-refractivity contribution in [2.24, 2.45) is 0 Å². The summed E-state index contributed by atoms with van der Waals surface area (Å²) in [6, 6.07) is 15.2. The predicted octanol–water partition coefficient (Wildman–Crippen LogP) is 3.62. The number of amides is 1. The Kier molecular flexibility index (Phi) is 4.11. The molecule has 0 aliphatic rings. The van der Waals surface area contributed by atoms with Crippen LogP contribution in [0.4, 0.5) is 5.88 Å². The van der Waals surface area contributed by atoms with Crippen molar-refractivity contribution in [1.82, 2.24) is 0 Å². The summed E-state index contributed by atoms with van der Waals surface area (Å²) in [5.41, 5.74) is 0.901. The lowest BCUT2D eigenvalue weighted by Gasteiger charge is -2.03. The first-order valence-corrected chi connectivity index (χ1v) is 7.15. The third-order valence-corrected chi connectivity index (χ3v) is 3.45. The highest BCUT2D eigenvalue weighted by molar-refractivity contribution is 6.04. The fraction of sp³-hybridized carbons (Fsp3) is 0.0556. The van der Waals surface area contributed by atoms with Crippen LogP contribution >= 0.6 is 0 Å². The lowest BCUT2D eigenvalue weighted by molar-refractivity contribution is 0.102. The number of aromatic hydroxyl groups is 2. The molecule has 0 bridgehead atoms. The number of nitrogens with one attached hydrogen (secondary N) is 1. The average Bonchev–Trinajstić information content (AvgIpc) is 2.91. The van der Waals surface area contributed by atoms with Gasteiger partial charge in [0, 0.05) is 11.1 Å². The summed E-state index contributed by atoms with van der Waals surface area (Å²) >= 11 is 0. The minimum atomic E-state index is -0.530. The zero-order valence-corrected chi connectivity index (χ0v) is 12.8. The molecule has 0 spiro atoms. The fourth-order valence-electron chi connectivity index (χ4n) is 2.22. The molecule has 2 aromatic carbocycles. The Hall–Kier alpha value is -3.41. The number of benzene rings is 2. The van der Waals surface area contributed by atoms with E-state index in [1.807, 2.05) is 0 Å². The number of carbonyl (C=O) groups is 1. The molecule has 0 saturated carbocycles. The van der Waals surface area contributed by atoms with Crippen LogP contribution in [-0.4, -0.2) is 23.2 Å². The monoisotopic (exact) mass is 325 g/mol. The second kappa shape index (κ2) is 6.37. The summed E-state index contributed by atoms with van der Waals surface area (Å²) in [7, 11) is 1.52. The van der Waals surface area contributed by atoms with E-state index < -0.39 is 17.4 Å².